The molecule has 29 heavy (non-hydrogen) atoms. The third kappa shape index (κ3) is 5.68. The molecule has 0 spiro atoms. The number of quaternary nitrogens is 1. The summed E-state index contributed by atoms with van der Waals surface area (Å²) in [6.07, 6.45) is 0.284. The molecule has 1 fully saturated rings. The topological polar surface area (TPSA) is 75.1 Å². The molecule has 0 aliphatic carbocycles. The van der Waals surface area contributed by atoms with Crippen LogP contribution in [-0.2, 0) is 4.79 Å². The van der Waals surface area contributed by atoms with Crippen molar-refractivity contribution in [2.75, 3.05) is 44.7 Å². The molecule has 0 saturated carbocycles. The Bertz CT molecular complexity index is 839. The monoisotopic (exact) mass is 401 g/mol. The summed E-state index contributed by atoms with van der Waals surface area (Å²) in [5.41, 5.74) is 5.67. The van der Waals surface area contributed by atoms with E-state index in [1.54, 1.807) is 0 Å². The van der Waals surface area contributed by atoms with Crippen LogP contribution >= 0.6 is 0 Å². The molecule has 3 N–H and O–H groups in total. The summed E-state index contributed by atoms with van der Waals surface area (Å²) < 4.78 is 18.8. The van der Waals surface area contributed by atoms with E-state index < -0.39 is 11.7 Å². The lowest BCUT2D eigenvalue weighted by molar-refractivity contribution is -0.900. The van der Waals surface area contributed by atoms with Crippen LogP contribution in [0, 0.1) is 5.82 Å². The third-order valence-corrected chi connectivity index (χ3v) is 5.03. The number of anilines is 1. The van der Waals surface area contributed by atoms with Crippen molar-refractivity contribution in [2.24, 2.45) is 0 Å². The van der Waals surface area contributed by atoms with Crippen LogP contribution in [0.15, 0.2) is 48.5 Å². The summed E-state index contributed by atoms with van der Waals surface area (Å²) in [5.74, 6) is -1.40. The summed E-state index contributed by atoms with van der Waals surface area (Å²) in [6.45, 7) is 4.46. The number of hydrogen-bond donors (Lipinski definition) is 3. The van der Waals surface area contributed by atoms with Crippen molar-refractivity contribution in [3.63, 3.8) is 0 Å². The Labute approximate surface area is 169 Å². The van der Waals surface area contributed by atoms with Crippen LogP contribution in [0.4, 0.5) is 10.1 Å². The second-order valence-electron chi connectivity index (χ2n) is 6.92. The molecular formula is C21H26FN4O3+. The summed E-state index contributed by atoms with van der Waals surface area (Å²) in [7, 11) is 1.41. The predicted molar refractivity (Wildman–Crippen MR) is 107 cm³/mol. The fraction of sp³-hybridized carbons (Fsp3) is 0.333. The van der Waals surface area contributed by atoms with Crippen LogP contribution in [0.2, 0.25) is 0 Å². The maximum atomic E-state index is 13.9. The van der Waals surface area contributed by atoms with Gasteiger partial charge in [-0.15, -0.1) is 0 Å². The van der Waals surface area contributed by atoms with Gasteiger partial charge in [0.1, 0.15) is 11.6 Å². The number of hydrogen-bond acceptors (Lipinski definition) is 4. The van der Waals surface area contributed by atoms with Gasteiger partial charge in [-0.1, -0.05) is 18.2 Å². The van der Waals surface area contributed by atoms with Crippen LogP contribution in [0.25, 0.3) is 0 Å². The molecule has 1 heterocycles. The van der Waals surface area contributed by atoms with Gasteiger partial charge < -0.3 is 14.5 Å². The van der Waals surface area contributed by atoms with E-state index in [4.69, 9.17) is 4.74 Å². The van der Waals surface area contributed by atoms with Gasteiger partial charge in [-0.05, 0) is 24.3 Å². The largest absolute Gasteiger partial charge is 0.497 e. The molecule has 8 heteroatoms. The van der Waals surface area contributed by atoms with Gasteiger partial charge in [0.15, 0.2) is 0 Å². The standard InChI is InChI=1S/C21H25FN4O3/c1-29-17-7-8-18(19(22)15-17)21(28)24-23-20(27)9-10-25-11-13-26(14-12-25)16-5-3-2-4-6-16/h2-8,15H,9-14H2,1H3,(H,23,27)(H,24,28)/p+1. The summed E-state index contributed by atoms with van der Waals surface area (Å²) in [4.78, 5) is 27.7. The maximum absolute atomic E-state index is 13.9. The maximum Gasteiger partial charge on any atom is 0.272 e. The molecule has 1 aliphatic heterocycles. The number of amides is 2. The molecule has 2 aromatic carbocycles. The number of nitrogens with zero attached hydrogens (tertiary/aromatic N) is 1. The van der Waals surface area contributed by atoms with Crippen LogP contribution < -0.4 is 25.4 Å². The Kier molecular flexibility index (Phi) is 7.02. The van der Waals surface area contributed by atoms with Gasteiger partial charge in [-0.2, -0.15) is 0 Å². The molecule has 1 saturated heterocycles. The molecular weight excluding hydrogens is 375 g/mol. The van der Waals surface area contributed by atoms with Crippen molar-refractivity contribution in [3.8, 4) is 5.75 Å². The molecule has 0 bridgehead atoms. The van der Waals surface area contributed by atoms with E-state index in [1.807, 2.05) is 18.2 Å². The van der Waals surface area contributed by atoms with Crippen LogP contribution in [0.3, 0.4) is 0 Å². The Morgan fingerprint density at radius 2 is 1.83 bits per heavy atom. The van der Waals surface area contributed by atoms with Crippen molar-refractivity contribution in [3.05, 3.63) is 59.9 Å². The van der Waals surface area contributed by atoms with Crippen molar-refractivity contribution in [1.82, 2.24) is 10.9 Å². The van der Waals surface area contributed by atoms with E-state index >= 15 is 0 Å². The normalized spacial score (nSPS) is 14.3. The van der Waals surface area contributed by atoms with Crippen molar-refractivity contribution < 1.29 is 23.6 Å². The third-order valence-electron chi connectivity index (χ3n) is 5.03. The highest BCUT2D eigenvalue weighted by Crippen LogP contribution is 2.16. The fourth-order valence-electron chi connectivity index (χ4n) is 3.32. The molecule has 7 nitrogen and oxygen atoms in total. The highest BCUT2D eigenvalue weighted by molar-refractivity contribution is 5.95. The smallest absolute Gasteiger partial charge is 0.272 e. The second kappa shape index (κ2) is 9.88. The number of para-hydroxylation sites is 1. The Hall–Kier alpha value is -3.13. The molecule has 0 atom stereocenters. The zero-order valence-electron chi connectivity index (χ0n) is 16.4. The Balaban J connectivity index is 1.38. The van der Waals surface area contributed by atoms with E-state index in [0.29, 0.717) is 12.3 Å². The Morgan fingerprint density at radius 3 is 2.48 bits per heavy atom. The first-order valence-electron chi connectivity index (χ1n) is 9.63. The number of ether oxygens (including phenoxy) is 1. The highest BCUT2D eigenvalue weighted by Gasteiger charge is 2.21. The minimum Gasteiger partial charge on any atom is -0.497 e. The first-order chi connectivity index (χ1) is 14.1. The predicted octanol–water partition coefficient (Wildman–Crippen LogP) is 0.391. The average molecular weight is 401 g/mol. The zero-order chi connectivity index (χ0) is 20.6. The molecule has 2 amide bonds. The van der Waals surface area contributed by atoms with E-state index in [1.165, 1.54) is 29.8 Å². The number of rotatable bonds is 6. The molecule has 3 rings (SSSR count). The van der Waals surface area contributed by atoms with Crippen LogP contribution in [0.5, 0.6) is 5.75 Å². The average Bonchev–Trinajstić information content (AvgIpc) is 2.76. The number of piperazine rings is 1. The van der Waals surface area contributed by atoms with Crippen LogP contribution in [0.1, 0.15) is 16.8 Å². The summed E-state index contributed by atoms with van der Waals surface area (Å²) in [6, 6.07) is 14.2. The SMILES string of the molecule is COc1ccc(C(=O)NNC(=O)CC[NH+]2CCN(c3ccccc3)CC2)c(F)c1. The number of halogens is 1. The van der Waals surface area contributed by atoms with Gasteiger partial charge >= 0.3 is 0 Å². The van der Waals surface area contributed by atoms with E-state index in [9.17, 15) is 14.0 Å². The lowest BCUT2D eigenvalue weighted by atomic mass is 10.2. The number of nitrogens with one attached hydrogen (secondary N) is 3. The first kappa shape index (κ1) is 20.6. The first-order valence-corrected chi connectivity index (χ1v) is 9.63. The molecule has 0 radical (unpaired) electrons. The number of hydrazine groups is 1. The number of methoxy groups -OCH3 is 1. The molecule has 0 unspecified atom stereocenters. The quantitative estimate of drug-likeness (QED) is 0.613. The van der Waals surface area contributed by atoms with Crippen LogP contribution in [-0.4, -0.2) is 51.6 Å². The van der Waals surface area contributed by atoms with Crippen molar-refractivity contribution in [2.45, 2.75) is 6.42 Å². The van der Waals surface area contributed by atoms with Gasteiger partial charge in [-0.25, -0.2) is 4.39 Å². The van der Waals surface area contributed by atoms with Crippen molar-refractivity contribution >= 4 is 17.5 Å². The lowest BCUT2D eigenvalue weighted by Crippen LogP contribution is -3.15. The molecule has 0 aromatic heterocycles. The van der Waals surface area contributed by atoms with Gasteiger partial charge in [0, 0.05) is 11.8 Å². The molecule has 154 valence electrons. The number of carbonyl (C=O) groups is 2. The minimum atomic E-state index is -0.711. The lowest BCUT2D eigenvalue weighted by Gasteiger charge is -2.33. The van der Waals surface area contributed by atoms with E-state index in [-0.39, 0.29) is 17.9 Å². The van der Waals surface area contributed by atoms with Crippen molar-refractivity contribution in [1.29, 1.82) is 0 Å². The molecule has 2 aromatic rings. The summed E-state index contributed by atoms with van der Waals surface area (Å²) >= 11 is 0. The number of benzene rings is 2. The van der Waals surface area contributed by atoms with E-state index in [0.717, 1.165) is 32.2 Å². The Morgan fingerprint density at radius 1 is 1.10 bits per heavy atom. The van der Waals surface area contributed by atoms with Gasteiger partial charge in [-0.3, -0.25) is 20.4 Å². The highest BCUT2D eigenvalue weighted by atomic mass is 19.1. The number of carbonyl (C=O) groups excluding carboxylic acids is 2. The second-order valence-corrected chi connectivity index (χ2v) is 6.92. The molecule has 1 aliphatic rings. The fourth-order valence-corrected chi connectivity index (χ4v) is 3.32. The van der Waals surface area contributed by atoms with E-state index in [2.05, 4.69) is 27.9 Å². The minimum absolute atomic E-state index is 0.159. The summed E-state index contributed by atoms with van der Waals surface area (Å²) in [5, 5.41) is 0. The zero-order valence-corrected chi connectivity index (χ0v) is 16.4. The van der Waals surface area contributed by atoms with Gasteiger partial charge in [0.25, 0.3) is 5.91 Å². The van der Waals surface area contributed by atoms with Gasteiger partial charge in [0.2, 0.25) is 5.91 Å². The van der Waals surface area contributed by atoms with Gasteiger partial charge in [0.05, 0.1) is 51.8 Å².